The van der Waals surface area contributed by atoms with Gasteiger partial charge in [-0.15, -0.1) is 10.2 Å². The van der Waals surface area contributed by atoms with Crippen LogP contribution in [0.15, 0.2) is 35.5 Å². The molecule has 132 valence electrons. The van der Waals surface area contributed by atoms with Gasteiger partial charge in [0.2, 0.25) is 5.91 Å². The smallest absolute Gasteiger partial charge is 0.231 e. The summed E-state index contributed by atoms with van der Waals surface area (Å²) in [4.78, 5) is 12.2. The molecule has 1 amide bonds. The molecule has 0 aliphatic carbocycles. The monoisotopic (exact) mass is 357 g/mol. The second-order valence-corrected chi connectivity index (χ2v) is 7.35. The molecule has 1 N–H and O–H groups in total. The number of carbonyl (C=O) groups excluding carboxylic acids is 1. The second-order valence-electron chi connectivity index (χ2n) is 6.41. The van der Waals surface area contributed by atoms with Gasteiger partial charge in [0.15, 0.2) is 5.16 Å². The fourth-order valence-electron chi connectivity index (χ4n) is 2.17. The van der Waals surface area contributed by atoms with E-state index in [1.54, 1.807) is 6.92 Å². The van der Waals surface area contributed by atoms with Crippen molar-refractivity contribution in [3.8, 4) is 6.07 Å². The largest absolute Gasteiger partial charge is 0.337 e. The molecular weight excluding hydrogens is 334 g/mol. The third kappa shape index (κ3) is 4.83. The van der Waals surface area contributed by atoms with Gasteiger partial charge in [-0.2, -0.15) is 5.26 Å². The average molecular weight is 357 g/mol. The summed E-state index contributed by atoms with van der Waals surface area (Å²) in [5.41, 5.74) is 0.277. The number of nitriles is 1. The lowest BCUT2D eigenvalue weighted by molar-refractivity contribution is -0.120. The minimum Gasteiger partial charge on any atom is -0.337 e. The normalized spacial score (nSPS) is 13.3. The highest BCUT2D eigenvalue weighted by atomic mass is 32.2. The van der Waals surface area contributed by atoms with E-state index in [1.165, 1.54) is 11.8 Å². The van der Waals surface area contributed by atoms with Crippen molar-refractivity contribution in [2.75, 3.05) is 5.75 Å². The maximum Gasteiger partial charge on any atom is 0.231 e. The van der Waals surface area contributed by atoms with E-state index in [9.17, 15) is 10.1 Å². The lowest BCUT2D eigenvalue weighted by Crippen LogP contribution is -2.49. The number of aryl methyl sites for hydroxylation is 1. The molecule has 0 saturated carbocycles. The quantitative estimate of drug-likeness (QED) is 0.770. The summed E-state index contributed by atoms with van der Waals surface area (Å²) < 4.78 is 1.99. The Morgan fingerprint density at radius 1 is 1.36 bits per heavy atom. The van der Waals surface area contributed by atoms with Crippen molar-refractivity contribution in [2.45, 2.75) is 44.9 Å². The average Bonchev–Trinajstić information content (AvgIpc) is 2.94. The fraction of sp³-hybridized carbons (Fsp3) is 0.444. The summed E-state index contributed by atoms with van der Waals surface area (Å²) in [5, 5.41) is 21.1. The van der Waals surface area contributed by atoms with Gasteiger partial charge in [-0.05, 0) is 25.3 Å². The first kappa shape index (κ1) is 19.0. The zero-order valence-electron chi connectivity index (χ0n) is 15.0. The van der Waals surface area contributed by atoms with E-state index in [4.69, 9.17) is 0 Å². The van der Waals surface area contributed by atoms with Gasteiger partial charge in [0.05, 0.1) is 18.4 Å². The zero-order valence-corrected chi connectivity index (χ0v) is 15.8. The summed E-state index contributed by atoms with van der Waals surface area (Å²) in [6.07, 6.45) is 0. The number of nitrogens with zero attached hydrogens (tertiary/aromatic N) is 4. The van der Waals surface area contributed by atoms with E-state index in [-0.39, 0.29) is 17.6 Å². The molecule has 0 bridgehead atoms. The Labute approximate surface area is 152 Å². The van der Waals surface area contributed by atoms with E-state index < -0.39 is 5.54 Å². The SMILES string of the molecule is Cc1nnc(SCC(=O)N[C@](C)(C#N)C(C)C)n1Cc1ccccc1. The molecule has 1 aromatic heterocycles. The van der Waals surface area contributed by atoms with Crippen LogP contribution in [0.3, 0.4) is 0 Å². The van der Waals surface area contributed by atoms with Gasteiger partial charge < -0.3 is 9.88 Å². The maximum atomic E-state index is 12.2. The molecule has 0 unspecified atom stereocenters. The molecule has 0 aliphatic heterocycles. The molecule has 0 spiro atoms. The van der Waals surface area contributed by atoms with E-state index in [2.05, 4.69) is 21.6 Å². The number of carbonyl (C=O) groups is 1. The van der Waals surface area contributed by atoms with Gasteiger partial charge in [-0.3, -0.25) is 4.79 Å². The highest BCUT2D eigenvalue weighted by molar-refractivity contribution is 7.99. The molecule has 0 aliphatic rings. The second kappa shape index (κ2) is 8.17. The Balaban J connectivity index is 2.02. The number of aromatic nitrogens is 3. The van der Waals surface area contributed by atoms with Gasteiger partial charge >= 0.3 is 0 Å². The molecule has 2 rings (SSSR count). The molecule has 1 heterocycles. The number of benzene rings is 1. The topological polar surface area (TPSA) is 83.6 Å². The third-order valence-corrected chi connectivity index (χ3v) is 5.17. The molecule has 1 atom stereocenters. The molecule has 2 aromatic rings. The van der Waals surface area contributed by atoms with Gasteiger partial charge in [0, 0.05) is 0 Å². The number of rotatable bonds is 7. The van der Waals surface area contributed by atoms with Crippen LogP contribution in [0.1, 0.15) is 32.2 Å². The molecule has 0 saturated heterocycles. The predicted octanol–water partition coefficient (Wildman–Crippen LogP) is 2.78. The van der Waals surface area contributed by atoms with E-state index in [0.29, 0.717) is 11.7 Å². The number of hydrogen-bond donors (Lipinski definition) is 1. The van der Waals surface area contributed by atoms with E-state index in [0.717, 1.165) is 11.4 Å². The van der Waals surface area contributed by atoms with Crippen LogP contribution >= 0.6 is 11.8 Å². The van der Waals surface area contributed by atoms with Crippen molar-refractivity contribution in [2.24, 2.45) is 5.92 Å². The van der Waals surface area contributed by atoms with Crippen LogP contribution in [-0.2, 0) is 11.3 Å². The molecule has 6 nitrogen and oxygen atoms in total. The van der Waals surface area contributed by atoms with Crippen LogP contribution in [0.5, 0.6) is 0 Å². The summed E-state index contributed by atoms with van der Waals surface area (Å²) in [6.45, 7) is 8.12. The lowest BCUT2D eigenvalue weighted by Gasteiger charge is -2.27. The van der Waals surface area contributed by atoms with Crippen molar-refractivity contribution < 1.29 is 4.79 Å². The standard InChI is InChI=1S/C18H23N5OS/c1-13(2)18(4,12-19)20-16(24)11-25-17-22-21-14(3)23(17)10-15-8-6-5-7-9-15/h5-9,13H,10-11H2,1-4H3,(H,20,24)/t18-/m1/s1. The molecule has 0 radical (unpaired) electrons. The van der Waals surface area contributed by atoms with Crippen LogP contribution < -0.4 is 5.32 Å². The van der Waals surface area contributed by atoms with Gasteiger partial charge in [-0.1, -0.05) is 55.9 Å². The Morgan fingerprint density at radius 3 is 2.64 bits per heavy atom. The highest BCUT2D eigenvalue weighted by Crippen LogP contribution is 2.20. The molecule has 25 heavy (non-hydrogen) atoms. The Bertz CT molecular complexity index is 766. The third-order valence-electron chi connectivity index (χ3n) is 4.20. The highest BCUT2D eigenvalue weighted by Gasteiger charge is 2.30. The lowest BCUT2D eigenvalue weighted by atomic mass is 9.90. The van der Waals surface area contributed by atoms with Gasteiger partial charge in [0.1, 0.15) is 11.4 Å². The van der Waals surface area contributed by atoms with Crippen molar-refractivity contribution >= 4 is 17.7 Å². The summed E-state index contributed by atoms with van der Waals surface area (Å²) >= 11 is 1.33. The first-order valence-corrected chi connectivity index (χ1v) is 9.13. The Morgan fingerprint density at radius 2 is 2.04 bits per heavy atom. The van der Waals surface area contributed by atoms with Crippen molar-refractivity contribution in [1.82, 2.24) is 20.1 Å². The van der Waals surface area contributed by atoms with Crippen molar-refractivity contribution in [1.29, 1.82) is 5.26 Å². The fourth-order valence-corrected chi connectivity index (χ4v) is 2.96. The van der Waals surface area contributed by atoms with Crippen LogP contribution in [0.2, 0.25) is 0 Å². The zero-order chi connectivity index (χ0) is 18.4. The summed E-state index contributed by atoms with van der Waals surface area (Å²) in [6, 6.07) is 12.2. The van der Waals surface area contributed by atoms with Crippen LogP contribution in [0, 0.1) is 24.2 Å². The summed E-state index contributed by atoms with van der Waals surface area (Å²) in [5.74, 6) is 0.831. The van der Waals surface area contributed by atoms with E-state index >= 15 is 0 Å². The molecular formula is C18H23N5OS. The Kier molecular flexibility index (Phi) is 6.21. The maximum absolute atomic E-state index is 12.2. The minimum absolute atomic E-state index is 0.0235. The number of nitrogens with one attached hydrogen (secondary N) is 1. The van der Waals surface area contributed by atoms with Crippen molar-refractivity contribution in [3.63, 3.8) is 0 Å². The minimum atomic E-state index is -0.870. The van der Waals surface area contributed by atoms with Crippen LogP contribution in [0.4, 0.5) is 0 Å². The number of thioether (sulfide) groups is 1. The first-order valence-electron chi connectivity index (χ1n) is 8.14. The molecule has 1 aromatic carbocycles. The van der Waals surface area contributed by atoms with Gasteiger partial charge in [-0.25, -0.2) is 0 Å². The van der Waals surface area contributed by atoms with Gasteiger partial charge in [0.25, 0.3) is 0 Å². The van der Waals surface area contributed by atoms with E-state index in [1.807, 2.05) is 55.7 Å². The predicted molar refractivity (Wildman–Crippen MR) is 98.0 cm³/mol. The van der Waals surface area contributed by atoms with Crippen LogP contribution in [0.25, 0.3) is 0 Å². The van der Waals surface area contributed by atoms with Crippen LogP contribution in [-0.4, -0.2) is 32.0 Å². The summed E-state index contributed by atoms with van der Waals surface area (Å²) in [7, 11) is 0. The number of amides is 1. The molecule has 0 fully saturated rings. The first-order chi connectivity index (χ1) is 11.9. The Hall–Kier alpha value is -2.33. The molecule has 7 heteroatoms. The number of hydrogen-bond acceptors (Lipinski definition) is 5. The van der Waals surface area contributed by atoms with Crippen molar-refractivity contribution in [3.05, 3.63) is 41.7 Å².